The van der Waals surface area contributed by atoms with Gasteiger partial charge in [0.05, 0.1) is 12.8 Å². The van der Waals surface area contributed by atoms with Gasteiger partial charge in [0, 0.05) is 10.8 Å². The fourth-order valence-electron chi connectivity index (χ4n) is 2.46. The van der Waals surface area contributed by atoms with Crippen LogP contribution in [0.25, 0.3) is 0 Å². The van der Waals surface area contributed by atoms with Crippen LogP contribution in [0.3, 0.4) is 0 Å². The lowest BCUT2D eigenvalue weighted by molar-refractivity contribution is 0.290. The lowest BCUT2D eigenvalue weighted by atomic mass is 10.1. The number of hydrogen-bond acceptors (Lipinski definition) is 6. The van der Waals surface area contributed by atoms with Crippen LogP contribution >= 0.6 is 23.4 Å². The summed E-state index contributed by atoms with van der Waals surface area (Å²) in [6.07, 6.45) is 0. The molecule has 0 saturated carbocycles. The van der Waals surface area contributed by atoms with Crippen LogP contribution in [-0.2, 0) is 6.61 Å². The van der Waals surface area contributed by atoms with Crippen molar-refractivity contribution in [3.05, 3.63) is 64.9 Å². The van der Waals surface area contributed by atoms with E-state index in [9.17, 15) is 0 Å². The molecule has 0 bridgehead atoms. The zero-order valence-electron chi connectivity index (χ0n) is 13.9. The molecule has 0 N–H and O–H groups in total. The second kappa shape index (κ2) is 7.39. The molecule has 1 aliphatic heterocycles. The number of aromatic nitrogens is 3. The Kier molecular flexibility index (Phi) is 4.81. The molecule has 0 unspecified atom stereocenters. The minimum atomic E-state index is 0.272. The average Bonchev–Trinajstić information content (AvgIpc) is 3.10. The van der Waals surface area contributed by atoms with Crippen molar-refractivity contribution in [2.75, 3.05) is 12.9 Å². The molecule has 2 aromatic carbocycles. The number of thioether (sulfide) groups is 1. The largest absolute Gasteiger partial charge is 0.497 e. The standard InChI is InChI=1S/C18H15ClN4O2S/c1-24-14-6-2-12(3-7-14)16-11-26-18-21-20-17(23(18)22-16)10-25-15-8-4-13(19)5-9-15/h2-9H,10-11H2,1H3. The van der Waals surface area contributed by atoms with Gasteiger partial charge in [-0.2, -0.15) is 9.78 Å². The third kappa shape index (κ3) is 3.54. The summed E-state index contributed by atoms with van der Waals surface area (Å²) in [6.45, 7) is 0.272. The molecule has 1 aliphatic rings. The fourth-order valence-corrected chi connectivity index (χ4v) is 3.45. The molecule has 0 saturated heterocycles. The van der Waals surface area contributed by atoms with Gasteiger partial charge in [-0.1, -0.05) is 23.4 Å². The molecule has 0 spiro atoms. The zero-order chi connectivity index (χ0) is 17.9. The number of benzene rings is 2. The SMILES string of the molecule is COc1ccc(C2=Nn3c(COc4ccc(Cl)cc4)nnc3SC2)cc1. The first-order valence-corrected chi connectivity index (χ1v) is 9.27. The van der Waals surface area contributed by atoms with E-state index >= 15 is 0 Å². The van der Waals surface area contributed by atoms with Crippen LogP contribution in [0.5, 0.6) is 11.5 Å². The highest BCUT2D eigenvalue weighted by Crippen LogP contribution is 2.25. The Hall–Kier alpha value is -2.51. The molecular weight excluding hydrogens is 372 g/mol. The van der Waals surface area contributed by atoms with E-state index in [-0.39, 0.29) is 6.61 Å². The number of fused-ring (bicyclic) bond motifs is 1. The number of hydrogen-bond donors (Lipinski definition) is 0. The molecule has 26 heavy (non-hydrogen) atoms. The molecular formula is C18H15ClN4O2S. The molecule has 2 heterocycles. The quantitative estimate of drug-likeness (QED) is 0.666. The molecule has 0 atom stereocenters. The van der Waals surface area contributed by atoms with Gasteiger partial charge < -0.3 is 9.47 Å². The van der Waals surface area contributed by atoms with Crippen molar-refractivity contribution in [3.63, 3.8) is 0 Å². The first-order valence-electron chi connectivity index (χ1n) is 7.90. The van der Waals surface area contributed by atoms with E-state index in [4.69, 9.17) is 26.2 Å². The highest BCUT2D eigenvalue weighted by Gasteiger charge is 2.20. The van der Waals surface area contributed by atoms with Crippen LogP contribution < -0.4 is 9.47 Å². The van der Waals surface area contributed by atoms with E-state index in [2.05, 4.69) is 10.2 Å². The highest BCUT2D eigenvalue weighted by molar-refractivity contribution is 7.99. The van der Waals surface area contributed by atoms with Crippen molar-refractivity contribution in [3.8, 4) is 11.5 Å². The molecule has 3 aromatic rings. The number of halogens is 1. The summed E-state index contributed by atoms with van der Waals surface area (Å²) in [5.74, 6) is 2.92. The van der Waals surface area contributed by atoms with Crippen molar-refractivity contribution in [1.82, 2.24) is 14.9 Å². The van der Waals surface area contributed by atoms with Crippen molar-refractivity contribution in [2.45, 2.75) is 11.8 Å². The Labute approximate surface area is 159 Å². The topological polar surface area (TPSA) is 61.5 Å². The lowest BCUT2D eigenvalue weighted by Gasteiger charge is -2.14. The number of ether oxygens (including phenoxy) is 2. The van der Waals surface area contributed by atoms with Crippen LogP contribution in [0, 0.1) is 0 Å². The molecule has 0 amide bonds. The van der Waals surface area contributed by atoms with Crippen molar-refractivity contribution < 1.29 is 9.47 Å². The van der Waals surface area contributed by atoms with Gasteiger partial charge in [0.25, 0.3) is 0 Å². The summed E-state index contributed by atoms with van der Waals surface area (Å²) in [5.41, 5.74) is 2.00. The summed E-state index contributed by atoms with van der Waals surface area (Å²) in [5, 5.41) is 14.5. The van der Waals surface area contributed by atoms with Gasteiger partial charge in [-0.3, -0.25) is 0 Å². The second-order valence-corrected chi connectivity index (χ2v) is 6.90. The monoisotopic (exact) mass is 386 g/mol. The zero-order valence-corrected chi connectivity index (χ0v) is 15.5. The highest BCUT2D eigenvalue weighted by atomic mass is 35.5. The van der Waals surface area contributed by atoms with E-state index in [0.717, 1.165) is 33.7 Å². The van der Waals surface area contributed by atoms with E-state index < -0.39 is 0 Å². The maximum Gasteiger partial charge on any atom is 0.212 e. The van der Waals surface area contributed by atoms with Gasteiger partial charge in [0.1, 0.15) is 18.1 Å². The van der Waals surface area contributed by atoms with E-state index in [1.807, 2.05) is 36.4 Å². The predicted molar refractivity (Wildman–Crippen MR) is 101 cm³/mol. The average molecular weight is 387 g/mol. The van der Waals surface area contributed by atoms with E-state index in [0.29, 0.717) is 10.8 Å². The normalized spacial score (nSPS) is 13.1. The predicted octanol–water partition coefficient (Wildman–Crippen LogP) is 3.88. The third-order valence-corrected chi connectivity index (χ3v) is 5.02. The van der Waals surface area contributed by atoms with Gasteiger partial charge in [-0.05, 0) is 54.1 Å². The summed E-state index contributed by atoms with van der Waals surface area (Å²) >= 11 is 7.49. The molecule has 132 valence electrons. The Bertz CT molecular complexity index is 939. The van der Waals surface area contributed by atoms with Gasteiger partial charge in [0.15, 0.2) is 5.82 Å². The van der Waals surface area contributed by atoms with Gasteiger partial charge >= 0.3 is 0 Å². The maximum atomic E-state index is 5.89. The molecule has 0 fully saturated rings. The molecule has 1 aromatic heterocycles. The first kappa shape index (κ1) is 16.9. The van der Waals surface area contributed by atoms with Crippen LogP contribution in [0.15, 0.2) is 58.8 Å². The van der Waals surface area contributed by atoms with E-state index in [1.54, 1.807) is 35.7 Å². The van der Waals surface area contributed by atoms with Crippen molar-refractivity contribution >= 4 is 29.1 Å². The molecule has 0 aliphatic carbocycles. The van der Waals surface area contributed by atoms with Crippen LogP contribution in [0.2, 0.25) is 5.02 Å². The lowest BCUT2D eigenvalue weighted by Crippen LogP contribution is -2.15. The Morgan fingerprint density at radius 2 is 1.77 bits per heavy atom. The minimum absolute atomic E-state index is 0.272. The van der Waals surface area contributed by atoms with Crippen molar-refractivity contribution in [1.29, 1.82) is 0 Å². The van der Waals surface area contributed by atoms with Crippen LogP contribution in [0.1, 0.15) is 11.4 Å². The summed E-state index contributed by atoms with van der Waals surface area (Å²) in [4.78, 5) is 0. The second-order valence-electron chi connectivity index (χ2n) is 5.52. The Morgan fingerprint density at radius 1 is 1.04 bits per heavy atom. The Balaban J connectivity index is 1.55. The summed E-state index contributed by atoms with van der Waals surface area (Å²) in [7, 11) is 1.65. The summed E-state index contributed by atoms with van der Waals surface area (Å²) < 4.78 is 12.7. The number of methoxy groups -OCH3 is 1. The molecule has 6 nitrogen and oxygen atoms in total. The first-order chi connectivity index (χ1) is 12.7. The van der Waals surface area contributed by atoms with E-state index in [1.165, 1.54) is 0 Å². The molecule has 4 rings (SSSR count). The Morgan fingerprint density at radius 3 is 2.50 bits per heavy atom. The smallest absolute Gasteiger partial charge is 0.212 e. The molecule has 0 radical (unpaired) electrons. The van der Waals surface area contributed by atoms with Crippen LogP contribution in [0.4, 0.5) is 0 Å². The fraction of sp³-hybridized carbons (Fsp3) is 0.167. The number of rotatable bonds is 5. The molecule has 8 heteroatoms. The minimum Gasteiger partial charge on any atom is -0.497 e. The van der Waals surface area contributed by atoms with Crippen molar-refractivity contribution in [2.24, 2.45) is 5.10 Å². The third-order valence-electron chi connectivity index (χ3n) is 3.84. The van der Waals surface area contributed by atoms with Gasteiger partial charge in [-0.15, -0.1) is 10.2 Å². The summed E-state index contributed by atoms with van der Waals surface area (Å²) in [6, 6.07) is 15.0. The van der Waals surface area contributed by atoms with Crippen LogP contribution in [-0.4, -0.2) is 33.4 Å². The maximum absolute atomic E-state index is 5.89. The number of nitrogens with zero attached hydrogens (tertiary/aromatic N) is 4. The van der Waals surface area contributed by atoms with Gasteiger partial charge in [0.2, 0.25) is 5.16 Å². The van der Waals surface area contributed by atoms with Gasteiger partial charge in [-0.25, -0.2) is 0 Å².